The summed E-state index contributed by atoms with van der Waals surface area (Å²) in [6.45, 7) is 1.94. The predicted molar refractivity (Wildman–Crippen MR) is 93.2 cm³/mol. The summed E-state index contributed by atoms with van der Waals surface area (Å²) < 4.78 is 0. The largest absolute Gasteiger partial charge is 0.360 e. The number of anilines is 1. The van der Waals surface area contributed by atoms with Gasteiger partial charge < -0.3 is 5.32 Å². The normalized spacial score (nSPS) is 11.4. The maximum Gasteiger partial charge on any atom is 0.216 e. The lowest BCUT2D eigenvalue weighted by molar-refractivity contribution is 0.881. The first-order valence-corrected chi connectivity index (χ1v) is 7.44. The van der Waals surface area contributed by atoms with Gasteiger partial charge in [0.25, 0.3) is 0 Å². The molecule has 122 valence electrons. The molecule has 0 saturated carbocycles. The third-order valence-corrected chi connectivity index (χ3v) is 3.33. The minimum Gasteiger partial charge on any atom is -0.360 e. The first-order chi connectivity index (χ1) is 12.3. The molecule has 0 saturated heterocycles. The number of hydrogen-bond donors (Lipinski definition) is 2. The van der Waals surface area contributed by atoms with Gasteiger partial charge in [-0.15, -0.1) is 10.2 Å². The third-order valence-electron chi connectivity index (χ3n) is 3.33. The van der Waals surface area contributed by atoms with Crippen LogP contribution in [0.15, 0.2) is 65.0 Å². The van der Waals surface area contributed by atoms with Crippen LogP contribution in [-0.4, -0.2) is 20.6 Å². The summed E-state index contributed by atoms with van der Waals surface area (Å²) >= 11 is 0. The minimum absolute atomic E-state index is 0.237. The highest BCUT2D eigenvalue weighted by Gasteiger charge is 2.06. The van der Waals surface area contributed by atoms with Crippen molar-refractivity contribution in [2.24, 2.45) is 10.2 Å². The Morgan fingerprint density at radius 1 is 1.16 bits per heavy atom. The molecule has 0 radical (unpaired) electrons. The molecular formula is C17H14N8. The van der Waals surface area contributed by atoms with E-state index in [-0.39, 0.29) is 11.4 Å². The molecule has 0 aliphatic carbocycles. The summed E-state index contributed by atoms with van der Waals surface area (Å²) in [4.78, 5) is 0. The Kier molecular flexibility index (Phi) is 4.87. The molecule has 3 rings (SSSR count). The summed E-state index contributed by atoms with van der Waals surface area (Å²) in [7, 11) is 0. The van der Waals surface area contributed by atoms with Crippen molar-refractivity contribution in [1.82, 2.24) is 20.6 Å². The molecular weight excluding hydrogens is 316 g/mol. The van der Waals surface area contributed by atoms with Crippen LogP contribution < -0.4 is 5.32 Å². The lowest BCUT2D eigenvalue weighted by Gasteiger charge is -2.06. The minimum atomic E-state index is 0.237. The van der Waals surface area contributed by atoms with E-state index in [1.165, 1.54) is 0 Å². The standard InChI is InChI=1S/C17H14N8/c1-12-9-15(21-20-14-5-3-2-4-6-14)7-8-16(12)19-11-13(10-18)17-22-24-25-23-17/h2-9,11,19H,1H3,(H,22,23,24,25). The van der Waals surface area contributed by atoms with Crippen LogP contribution in [0.4, 0.5) is 17.1 Å². The van der Waals surface area contributed by atoms with E-state index in [2.05, 4.69) is 36.2 Å². The smallest absolute Gasteiger partial charge is 0.216 e. The van der Waals surface area contributed by atoms with Gasteiger partial charge in [-0.2, -0.15) is 20.7 Å². The van der Waals surface area contributed by atoms with E-state index in [9.17, 15) is 0 Å². The fourth-order valence-corrected chi connectivity index (χ4v) is 2.05. The molecule has 25 heavy (non-hydrogen) atoms. The van der Waals surface area contributed by atoms with Crippen molar-refractivity contribution < 1.29 is 0 Å². The highest BCUT2D eigenvalue weighted by atomic mass is 15.5. The molecule has 0 aliphatic heterocycles. The number of azo groups is 1. The molecule has 8 heteroatoms. The first kappa shape index (κ1) is 16.0. The van der Waals surface area contributed by atoms with Gasteiger partial charge in [0.2, 0.25) is 5.82 Å². The van der Waals surface area contributed by atoms with E-state index in [0.29, 0.717) is 0 Å². The van der Waals surface area contributed by atoms with Gasteiger partial charge in [0.1, 0.15) is 11.6 Å². The van der Waals surface area contributed by atoms with Crippen LogP contribution in [0.25, 0.3) is 5.57 Å². The Hall–Kier alpha value is -3.86. The lowest BCUT2D eigenvalue weighted by Crippen LogP contribution is -1.94. The average molecular weight is 330 g/mol. The molecule has 2 N–H and O–H groups in total. The molecule has 0 atom stereocenters. The van der Waals surface area contributed by atoms with E-state index >= 15 is 0 Å². The van der Waals surface area contributed by atoms with Gasteiger partial charge >= 0.3 is 0 Å². The number of aromatic amines is 1. The summed E-state index contributed by atoms with van der Waals surface area (Å²) in [5.74, 6) is 0.237. The second kappa shape index (κ2) is 7.61. The highest BCUT2D eigenvalue weighted by Crippen LogP contribution is 2.24. The van der Waals surface area contributed by atoms with Crippen LogP contribution >= 0.6 is 0 Å². The Labute approximate surface area is 143 Å². The number of benzene rings is 2. The molecule has 8 nitrogen and oxygen atoms in total. The van der Waals surface area contributed by atoms with Crippen LogP contribution in [0.3, 0.4) is 0 Å². The maximum absolute atomic E-state index is 9.16. The topological polar surface area (TPSA) is 115 Å². The molecule has 1 aromatic heterocycles. The number of tetrazole rings is 1. The Bertz CT molecular complexity index is 937. The number of allylic oxidation sites excluding steroid dienone is 1. The van der Waals surface area contributed by atoms with Crippen LogP contribution in [0.1, 0.15) is 11.4 Å². The quantitative estimate of drug-likeness (QED) is 0.544. The highest BCUT2D eigenvalue weighted by molar-refractivity contribution is 5.74. The molecule has 0 fully saturated rings. The number of hydrogen-bond acceptors (Lipinski definition) is 7. The van der Waals surface area contributed by atoms with Crippen LogP contribution in [-0.2, 0) is 0 Å². The zero-order valence-electron chi connectivity index (χ0n) is 13.4. The fraction of sp³-hybridized carbons (Fsp3) is 0.0588. The predicted octanol–water partition coefficient (Wildman–Crippen LogP) is 3.90. The van der Waals surface area contributed by atoms with Crippen molar-refractivity contribution in [3.8, 4) is 6.07 Å². The second-order valence-electron chi connectivity index (χ2n) is 5.08. The van der Waals surface area contributed by atoms with Crippen LogP contribution in [0, 0.1) is 18.3 Å². The van der Waals surface area contributed by atoms with Crippen molar-refractivity contribution in [1.29, 1.82) is 5.26 Å². The summed E-state index contributed by atoms with van der Waals surface area (Å²) in [5, 5.41) is 34.0. The van der Waals surface area contributed by atoms with E-state index in [1.807, 2.05) is 61.5 Å². The van der Waals surface area contributed by atoms with Crippen molar-refractivity contribution in [3.05, 3.63) is 66.1 Å². The molecule has 3 aromatic rings. The molecule has 0 amide bonds. The van der Waals surface area contributed by atoms with E-state index in [4.69, 9.17) is 5.26 Å². The fourth-order valence-electron chi connectivity index (χ4n) is 2.05. The van der Waals surface area contributed by atoms with Gasteiger partial charge in [0, 0.05) is 11.9 Å². The SMILES string of the molecule is Cc1cc(N=Nc2ccccc2)ccc1NC=C(C#N)c1nn[nH]n1. The van der Waals surface area contributed by atoms with Gasteiger partial charge in [-0.3, -0.25) is 0 Å². The van der Waals surface area contributed by atoms with Crippen LogP contribution in [0.5, 0.6) is 0 Å². The van der Waals surface area contributed by atoms with Gasteiger partial charge in [0.05, 0.1) is 11.4 Å². The Morgan fingerprint density at radius 3 is 2.64 bits per heavy atom. The van der Waals surface area contributed by atoms with Crippen molar-refractivity contribution >= 4 is 22.6 Å². The number of aromatic nitrogens is 4. The Balaban J connectivity index is 1.74. The molecule has 0 aliphatic rings. The van der Waals surface area contributed by atoms with Crippen molar-refractivity contribution in [2.75, 3.05) is 5.32 Å². The monoisotopic (exact) mass is 330 g/mol. The van der Waals surface area contributed by atoms with Gasteiger partial charge in [-0.05, 0) is 48.0 Å². The van der Waals surface area contributed by atoms with Gasteiger partial charge in [-0.1, -0.05) is 18.2 Å². The summed E-state index contributed by atoms with van der Waals surface area (Å²) in [6, 6.07) is 17.2. The van der Waals surface area contributed by atoms with Gasteiger partial charge in [-0.25, -0.2) is 0 Å². The van der Waals surface area contributed by atoms with Crippen molar-refractivity contribution in [3.63, 3.8) is 0 Å². The zero-order chi connectivity index (χ0) is 17.5. The van der Waals surface area contributed by atoms with E-state index < -0.39 is 0 Å². The molecule has 0 bridgehead atoms. The van der Waals surface area contributed by atoms with E-state index in [1.54, 1.807) is 6.20 Å². The molecule has 0 unspecified atom stereocenters. The van der Waals surface area contributed by atoms with Crippen LogP contribution in [0.2, 0.25) is 0 Å². The number of rotatable bonds is 5. The first-order valence-electron chi connectivity index (χ1n) is 7.44. The van der Waals surface area contributed by atoms with Crippen molar-refractivity contribution in [2.45, 2.75) is 6.92 Å². The molecule has 1 heterocycles. The second-order valence-corrected chi connectivity index (χ2v) is 5.08. The number of nitriles is 1. The Morgan fingerprint density at radius 2 is 1.96 bits per heavy atom. The zero-order valence-corrected chi connectivity index (χ0v) is 13.4. The third kappa shape index (κ3) is 4.11. The number of nitrogens with zero attached hydrogens (tertiary/aromatic N) is 6. The molecule has 0 spiro atoms. The van der Waals surface area contributed by atoms with E-state index in [0.717, 1.165) is 22.6 Å². The van der Waals surface area contributed by atoms with Gasteiger partial charge in [0.15, 0.2) is 0 Å². The lowest BCUT2D eigenvalue weighted by atomic mass is 10.2. The number of H-pyrrole nitrogens is 1. The average Bonchev–Trinajstić information content (AvgIpc) is 3.17. The maximum atomic E-state index is 9.16. The number of nitrogens with one attached hydrogen (secondary N) is 2. The summed E-state index contributed by atoms with van der Waals surface area (Å²) in [6.07, 6.45) is 1.54. The summed E-state index contributed by atoms with van der Waals surface area (Å²) in [5.41, 5.74) is 3.63. The number of aryl methyl sites for hydroxylation is 1. The molecule has 2 aromatic carbocycles.